The Morgan fingerprint density at radius 3 is 2.52 bits per heavy atom. The second-order valence-corrected chi connectivity index (χ2v) is 6.59. The molecule has 1 N–H and O–H groups in total. The summed E-state index contributed by atoms with van der Waals surface area (Å²) in [6.45, 7) is 1.99. The summed E-state index contributed by atoms with van der Waals surface area (Å²) in [6, 6.07) is 2.27. The highest BCUT2D eigenvalue weighted by Crippen LogP contribution is 2.35. The summed E-state index contributed by atoms with van der Waals surface area (Å²) in [5, 5.41) is 14.2. The number of alkyl halides is 3. The van der Waals surface area contributed by atoms with Crippen LogP contribution in [0.5, 0.6) is 0 Å². The van der Waals surface area contributed by atoms with Gasteiger partial charge < -0.3 is 15.1 Å². The molecular formula is C17H18F4N6O2. The first-order valence-corrected chi connectivity index (χ1v) is 8.69. The monoisotopic (exact) mass is 414 g/mol. The SMILES string of the molecule is CN1CCN(c2ncnc(NCc3ccc(F)cc3C(F)(F)F)c2[N+](=O)[O-])CC1. The Hall–Kier alpha value is -3.02. The number of benzene rings is 1. The zero-order chi connectivity index (χ0) is 21.2. The van der Waals surface area contributed by atoms with Crippen LogP contribution in [-0.2, 0) is 12.7 Å². The number of halogens is 4. The summed E-state index contributed by atoms with van der Waals surface area (Å²) in [4.78, 5) is 22.7. The molecule has 0 bridgehead atoms. The van der Waals surface area contributed by atoms with E-state index in [1.54, 1.807) is 4.90 Å². The van der Waals surface area contributed by atoms with E-state index in [1.807, 2.05) is 7.05 Å². The topological polar surface area (TPSA) is 87.4 Å². The standard InChI is InChI=1S/C17H18F4N6O2/c1-25-4-6-26(7-5-25)16-14(27(28)29)15(23-10-24-16)22-9-11-2-3-12(18)8-13(11)17(19,20)21/h2-3,8,10H,4-7,9H2,1H3,(H,22,23,24). The molecule has 1 saturated heterocycles. The van der Waals surface area contributed by atoms with Gasteiger partial charge in [-0.05, 0) is 24.7 Å². The molecule has 1 aromatic heterocycles. The second-order valence-electron chi connectivity index (χ2n) is 6.59. The third kappa shape index (κ3) is 4.70. The predicted octanol–water partition coefficient (Wildman–Crippen LogP) is 2.91. The van der Waals surface area contributed by atoms with Crippen molar-refractivity contribution in [3.63, 3.8) is 0 Å². The van der Waals surface area contributed by atoms with Crippen molar-refractivity contribution >= 4 is 17.3 Å². The Bertz CT molecular complexity index is 900. The Morgan fingerprint density at radius 2 is 1.90 bits per heavy atom. The minimum atomic E-state index is -4.76. The highest BCUT2D eigenvalue weighted by Gasteiger charge is 2.34. The van der Waals surface area contributed by atoms with Crippen molar-refractivity contribution in [1.29, 1.82) is 0 Å². The number of nitro groups is 1. The van der Waals surface area contributed by atoms with Gasteiger partial charge in [0.25, 0.3) is 0 Å². The average molecular weight is 414 g/mol. The van der Waals surface area contributed by atoms with Crippen molar-refractivity contribution in [2.45, 2.75) is 12.7 Å². The molecule has 2 heterocycles. The molecule has 1 aliphatic rings. The zero-order valence-electron chi connectivity index (χ0n) is 15.4. The maximum Gasteiger partial charge on any atom is 0.416 e. The third-order valence-electron chi connectivity index (χ3n) is 4.61. The molecule has 12 heteroatoms. The zero-order valence-corrected chi connectivity index (χ0v) is 15.4. The molecule has 8 nitrogen and oxygen atoms in total. The van der Waals surface area contributed by atoms with Gasteiger partial charge in [-0.15, -0.1) is 0 Å². The number of nitrogens with one attached hydrogen (secondary N) is 1. The van der Waals surface area contributed by atoms with Crippen LogP contribution in [0.2, 0.25) is 0 Å². The molecule has 0 atom stereocenters. The van der Waals surface area contributed by atoms with Crippen molar-refractivity contribution in [3.05, 3.63) is 51.6 Å². The van der Waals surface area contributed by atoms with E-state index >= 15 is 0 Å². The van der Waals surface area contributed by atoms with Gasteiger partial charge in [-0.1, -0.05) is 6.07 Å². The molecule has 0 amide bonds. The van der Waals surface area contributed by atoms with Crippen molar-refractivity contribution in [3.8, 4) is 0 Å². The van der Waals surface area contributed by atoms with E-state index in [-0.39, 0.29) is 17.2 Å². The van der Waals surface area contributed by atoms with Crippen molar-refractivity contribution < 1.29 is 22.5 Å². The molecule has 2 aromatic rings. The number of hydrogen-bond acceptors (Lipinski definition) is 7. The molecule has 1 aliphatic heterocycles. The van der Waals surface area contributed by atoms with Crippen LogP contribution in [0.25, 0.3) is 0 Å². The number of anilines is 2. The van der Waals surface area contributed by atoms with Crippen LogP contribution in [0.15, 0.2) is 24.5 Å². The van der Waals surface area contributed by atoms with Gasteiger partial charge in [0.2, 0.25) is 11.6 Å². The van der Waals surface area contributed by atoms with Crippen molar-refractivity contribution in [1.82, 2.24) is 14.9 Å². The van der Waals surface area contributed by atoms with Crippen LogP contribution in [0, 0.1) is 15.9 Å². The first-order valence-electron chi connectivity index (χ1n) is 8.69. The Kier molecular flexibility index (Phi) is 5.82. The van der Waals surface area contributed by atoms with Gasteiger partial charge >= 0.3 is 11.9 Å². The molecule has 1 aromatic carbocycles. The highest BCUT2D eigenvalue weighted by atomic mass is 19.4. The van der Waals surface area contributed by atoms with Crippen LogP contribution < -0.4 is 10.2 Å². The van der Waals surface area contributed by atoms with Crippen LogP contribution in [0.4, 0.5) is 34.9 Å². The highest BCUT2D eigenvalue weighted by molar-refractivity contribution is 5.70. The summed E-state index contributed by atoms with van der Waals surface area (Å²) in [5.74, 6) is -1.11. The van der Waals surface area contributed by atoms with E-state index < -0.39 is 34.7 Å². The first-order chi connectivity index (χ1) is 13.7. The summed E-state index contributed by atoms with van der Waals surface area (Å²) < 4.78 is 52.7. The van der Waals surface area contributed by atoms with Gasteiger partial charge in [-0.3, -0.25) is 10.1 Å². The third-order valence-corrected chi connectivity index (χ3v) is 4.61. The van der Waals surface area contributed by atoms with Gasteiger partial charge in [0, 0.05) is 32.7 Å². The minimum absolute atomic E-state index is 0.107. The van der Waals surface area contributed by atoms with E-state index in [1.165, 1.54) is 0 Å². The Balaban J connectivity index is 1.89. The molecule has 0 unspecified atom stereocenters. The lowest BCUT2D eigenvalue weighted by Crippen LogP contribution is -2.45. The number of aromatic nitrogens is 2. The van der Waals surface area contributed by atoms with Crippen LogP contribution in [0.1, 0.15) is 11.1 Å². The summed E-state index contributed by atoms with van der Waals surface area (Å²) in [5.41, 5.74) is -1.82. The normalized spacial score (nSPS) is 15.4. The summed E-state index contributed by atoms with van der Waals surface area (Å²) in [6.07, 6.45) is -3.64. The first kappa shape index (κ1) is 20.7. The largest absolute Gasteiger partial charge is 0.416 e. The molecule has 1 fully saturated rings. The van der Waals surface area contributed by atoms with Crippen LogP contribution in [0.3, 0.4) is 0 Å². The van der Waals surface area contributed by atoms with Gasteiger partial charge in [-0.25, -0.2) is 14.4 Å². The van der Waals surface area contributed by atoms with E-state index in [0.29, 0.717) is 32.2 Å². The average Bonchev–Trinajstić information content (AvgIpc) is 2.66. The van der Waals surface area contributed by atoms with Gasteiger partial charge in [0.15, 0.2) is 0 Å². The number of nitrogens with zero attached hydrogens (tertiary/aromatic N) is 5. The van der Waals surface area contributed by atoms with Crippen molar-refractivity contribution in [2.24, 2.45) is 0 Å². The lowest BCUT2D eigenvalue weighted by molar-refractivity contribution is -0.383. The predicted molar refractivity (Wildman–Crippen MR) is 97.1 cm³/mol. The Morgan fingerprint density at radius 1 is 1.21 bits per heavy atom. The molecule has 0 aliphatic carbocycles. The maximum atomic E-state index is 13.3. The molecule has 29 heavy (non-hydrogen) atoms. The molecule has 3 rings (SSSR count). The number of hydrogen-bond donors (Lipinski definition) is 1. The van der Waals surface area contributed by atoms with Crippen LogP contribution >= 0.6 is 0 Å². The molecular weight excluding hydrogens is 396 g/mol. The fourth-order valence-electron chi connectivity index (χ4n) is 3.06. The minimum Gasteiger partial charge on any atom is -0.360 e. The van der Waals surface area contributed by atoms with E-state index in [0.717, 1.165) is 18.5 Å². The van der Waals surface area contributed by atoms with E-state index in [9.17, 15) is 27.7 Å². The lowest BCUT2D eigenvalue weighted by Gasteiger charge is -2.32. The smallest absolute Gasteiger partial charge is 0.360 e. The van der Waals surface area contributed by atoms with E-state index in [2.05, 4.69) is 20.2 Å². The molecule has 0 radical (unpaired) electrons. The summed E-state index contributed by atoms with van der Waals surface area (Å²) >= 11 is 0. The fourth-order valence-corrected chi connectivity index (χ4v) is 3.06. The molecule has 0 spiro atoms. The van der Waals surface area contributed by atoms with Gasteiger partial charge in [0.1, 0.15) is 12.1 Å². The number of piperazine rings is 1. The molecule has 0 saturated carbocycles. The van der Waals surface area contributed by atoms with Crippen LogP contribution in [-0.4, -0.2) is 53.0 Å². The van der Waals surface area contributed by atoms with E-state index in [4.69, 9.17) is 0 Å². The maximum absolute atomic E-state index is 13.3. The van der Waals surface area contributed by atoms with Gasteiger partial charge in [-0.2, -0.15) is 13.2 Å². The number of rotatable bonds is 5. The second kappa shape index (κ2) is 8.15. The quantitative estimate of drug-likeness (QED) is 0.457. The Labute approximate surface area is 163 Å². The number of likely N-dealkylation sites (N-methyl/N-ethyl adjacent to an activating group) is 1. The van der Waals surface area contributed by atoms with Crippen molar-refractivity contribution in [2.75, 3.05) is 43.4 Å². The summed E-state index contributed by atoms with van der Waals surface area (Å²) in [7, 11) is 1.93. The van der Waals surface area contributed by atoms with Gasteiger partial charge in [0.05, 0.1) is 10.5 Å². The lowest BCUT2D eigenvalue weighted by atomic mass is 10.1. The molecule has 156 valence electrons. The fraction of sp³-hybridized carbons (Fsp3) is 0.412.